The second-order valence-electron chi connectivity index (χ2n) is 5.91. The standard InChI is InChI=1S/C18H17N3O4/c1-23-15-7-3-2-6-14(15)17-19-18(25-20-17)12-9-16(22)21(10-12)11-13-5-4-8-24-13/h2-8,12H,9-11H2,1H3. The molecule has 25 heavy (non-hydrogen) atoms. The number of methoxy groups -OCH3 is 1. The summed E-state index contributed by atoms with van der Waals surface area (Å²) in [5.41, 5.74) is 0.761. The van der Waals surface area contributed by atoms with Crippen molar-refractivity contribution >= 4 is 5.91 Å². The first-order chi connectivity index (χ1) is 12.2. The van der Waals surface area contributed by atoms with Crippen molar-refractivity contribution in [2.45, 2.75) is 18.9 Å². The molecule has 0 saturated carbocycles. The maximum Gasteiger partial charge on any atom is 0.232 e. The summed E-state index contributed by atoms with van der Waals surface area (Å²) in [6.45, 7) is 0.989. The molecule has 7 heteroatoms. The number of amides is 1. The van der Waals surface area contributed by atoms with E-state index in [4.69, 9.17) is 13.7 Å². The normalized spacial score (nSPS) is 17.2. The molecule has 0 N–H and O–H groups in total. The summed E-state index contributed by atoms with van der Waals surface area (Å²) in [4.78, 5) is 18.5. The van der Waals surface area contributed by atoms with Crippen molar-refractivity contribution in [2.75, 3.05) is 13.7 Å². The quantitative estimate of drug-likeness (QED) is 0.711. The van der Waals surface area contributed by atoms with E-state index in [1.54, 1.807) is 18.3 Å². The number of likely N-dealkylation sites (tertiary alicyclic amines) is 1. The fourth-order valence-electron chi connectivity index (χ4n) is 3.02. The highest BCUT2D eigenvalue weighted by atomic mass is 16.5. The van der Waals surface area contributed by atoms with Crippen LogP contribution in [0.2, 0.25) is 0 Å². The van der Waals surface area contributed by atoms with Crippen LogP contribution in [0.3, 0.4) is 0 Å². The fourth-order valence-corrected chi connectivity index (χ4v) is 3.02. The van der Waals surface area contributed by atoms with Gasteiger partial charge in [0, 0.05) is 13.0 Å². The van der Waals surface area contributed by atoms with Gasteiger partial charge in [-0.05, 0) is 24.3 Å². The van der Waals surface area contributed by atoms with Crippen molar-refractivity contribution < 1.29 is 18.5 Å². The summed E-state index contributed by atoms with van der Waals surface area (Å²) in [6.07, 6.45) is 1.96. The van der Waals surface area contributed by atoms with Crippen molar-refractivity contribution in [3.63, 3.8) is 0 Å². The minimum Gasteiger partial charge on any atom is -0.496 e. The van der Waals surface area contributed by atoms with Gasteiger partial charge in [-0.2, -0.15) is 4.98 Å². The van der Waals surface area contributed by atoms with Crippen molar-refractivity contribution in [3.05, 3.63) is 54.3 Å². The molecule has 7 nitrogen and oxygen atoms in total. The number of benzene rings is 1. The second-order valence-corrected chi connectivity index (χ2v) is 5.91. The molecule has 1 aromatic carbocycles. The lowest BCUT2D eigenvalue weighted by molar-refractivity contribution is -0.128. The summed E-state index contributed by atoms with van der Waals surface area (Å²) in [6, 6.07) is 11.1. The monoisotopic (exact) mass is 339 g/mol. The van der Waals surface area contributed by atoms with E-state index in [2.05, 4.69) is 10.1 Å². The van der Waals surface area contributed by atoms with E-state index in [1.165, 1.54) is 0 Å². The Labute approximate surface area is 144 Å². The molecule has 1 saturated heterocycles. The molecule has 3 heterocycles. The lowest BCUT2D eigenvalue weighted by Gasteiger charge is -2.13. The van der Waals surface area contributed by atoms with Crippen LogP contribution in [-0.4, -0.2) is 34.6 Å². The third kappa shape index (κ3) is 3.00. The van der Waals surface area contributed by atoms with E-state index in [-0.39, 0.29) is 11.8 Å². The average molecular weight is 339 g/mol. The Kier molecular flexibility index (Phi) is 3.97. The summed E-state index contributed by atoms with van der Waals surface area (Å²) in [5, 5.41) is 4.05. The van der Waals surface area contributed by atoms with Crippen LogP contribution in [0.1, 0.15) is 24.0 Å². The van der Waals surface area contributed by atoms with Gasteiger partial charge in [-0.1, -0.05) is 17.3 Å². The average Bonchev–Trinajstić information content (AvgIpc) is 3.37. The maximum atomic E-state index is 12.2. The number of furan rings is 1. The molecule has 0 bridgehead atoms. The fraction of sp³-hybridized carbons (Fsp3) is 0.278. The Morgan fingerprint density at radius 1 is 1.28 bits per heavy atom. The number of nitrogens with zero attached hydrogens (tertiary/aromatic N) is 3. The van der Waals surface area contributed by atoms with E-state index in [0.717, 1.165) is 11.3 Å². The van der Waals surface area contributed by atoms with Gasteiger partial charge in [0.15, 0.2) is 0 Å². The zero-order valence-electron chi connectivity index (χ0n) is 13.7. The van der Waals surface area contributed by atoms with Crippen LogP contribution in [0, 0.1) is 0 Å². The topological polar surface area (TPSA) is 81.6 Å². The lowest BCUT2D eigenvalue weighted by atomic mass is 10.1. The summed E-state index contributed by atoms with van der Waals surface area (Å²) < 4.78 is 16.1. The highest BCUT2D eigenvalue weighted by Gasteiger charge is 2.34. The largest absolute Gasteiger partial charge is 0.496 e. The van der Waals surface area contributed by atoms with Gasteiger partial charge in [0.05, 0.1) is 31.4 Å². The van der Waals surface area contributed by atoms with Gasteiger partial charge in [-0.25, -0.2) is 0 Å². The van der Waals surface area contributed by atoms with Crippen LogP contribution in [-0.2, 0) is 11.3 Å². The summed E-state index contributed by atoms with van der Waals surface area (Å²) in [7, 11) is 1.60. The zero-order valence-corrected chi connectivity index (χ0v) is 13.7. The molecular formula is C18H17N3O4. The van der Waals surface area contributed by atoms with Gasteiger partial charge in [0.25, 0.3) is 0 Å². The molecular weight excluding hydrogens is 322 g/mol. The smallest absolute Gasteiger partial charge is 0.232 e. The molecule has 1 atom stereocenters. The third-order valence-corrected chi connectivity index (χ3v) is 4.28. The molecule has 1 aliphatic heterocycles. The van der Waals surface area contributed by atoms with Gasteiger partial charge in [0.1, 0.15) is 11.5 Å². The number of ether oxygens (including phenoxy) is 1. The van der Waals surface area contributed by atoms with Crippen LogP contribution >= 0.6 is 0 Å². The Hall–Kier alpha value is -3.09. The van der Waals surface area contributed by atoms with Gasteiger partial charge in [-0.3, -0.25) is 4.79 Å². The van der Waals surface area contributed by atoms with Crippen LogP contribution in [0.4, 0.5) is 0 Å². The van der Waals surface area contributed by atoms with Crippen LogP contribution < -0.4 is 4.74 Å². The van der Waals surface area contributed by atoms with E-state index in [9.17, 15) is 4.79 Å². The molecule has 1 aliphatic rings. The lowest BCUT2D eigenvalue weighted by Crippen LogP contribution is -2.24. The Bertz CT molecular complexity index is 872. The van der Waals surface area contributed by atoms with E-state index in [0.29, 0.717) is 37.0 Å². The number of hydrogen-bond acceptors (Lipinski definition) is 6. The van der Waals surface area contributed by atoms with Gasteiger partial charge < -0.3 is 18.6 Å². The molecule has 4 rings (SSSR count). The minimum absolute atomic E-state index is 0.0541. The molecule has 128 valence electrons. The highest BCUT2D eigenvalue weighted by Crippen LogP contribution is 2.32. The van der Waals surface area contributed by atoms with Gasteiger partial charge in [0.2, 0.25) is 17.6 Å². The van der Waals surface area contributed by atoms with Crippen molar-refractivity contribution in [1.29, 1.82) is 0 Å². The first kappa shape index (κ1) is 15.4. The van der Waals surface area contributed by atoms with Crippen LogP contribution in [0.25, 0.3) is 11.4 Å². The van der Waals surface area contributed by atoms with Crippen molar-refractivity contribution in [3.8, 4) is 17.1 Å². The van der Waals surface area contributed by atoms with E-state index >= 15 is 0 Å². The van der Waals surface area contributed by atoms with Gasteiger partial charge in [-0.15, -0.1) is 0 Å². The Morgan fingerprint density at radius 3 is 2.96 bits per heavy atom. The maximum absolute atomic E-state index is 12.2. The number of carbonyl (C=O) groups excluding carboxylic acids is 1. The Balaban J connectivity index is 1.52. The van der Waals surface area contributed by atoms with Crippen LogP contribution in [0.15, 0.2) is 51.6 Å². The Morgan fingerprint density at radius 2 is 2.16 bits per heavy atom. The minimum atomic E-state index is -0.113. The molecule has 1 fully saturated rings. The predicted octanol–water partition coefficient (Wildman–Crippen LogP) is 2.85. The second kappa shape index (κ2) is 6.43. The predicted molar refractivity (Wildman–Crippen MR) is 87.8 cm³/mol. The number of aromatic nitrogens is 2. The zero-order chi connectivity index (χ0) is 17.2. The summed E-state index contributed by atoms with van der Waals surface area (Å²) in [5.74, 6) is 2.31. The number of rotatable bonds is 5. The molecule has 0 radical (unpaired) electrons. The van der Waals surface area contributed by atoms with Crippen molar-refractivity contribution in [1.82, 2.24) is 15.0 Å². The first-order valence-corrected chi connectivity index (χ1v) is 8.01. The molecule has 0 spiro atoms. The van der Waals surface area contributed by atoms with E-state index in [1.807, 2.05) is 36.4 Å². The molecule has 1 unspecified atom stereocenters. The SMILES string of the molecule is COc1ccccc1-c1noc(C2CC(=O)N(Cc3ccco3)C2)n1. The van der Waals surface area contributed by atoms with Crippen molar-refractivity contribution in [2.24, 2.45) is 0 Å². The molecule has 3 aromatic rings. The number of carbonyl (C=O) groups is 1. The van der Waals surface area contributed by atoms with Gasteiger partial charge >= 0.3 is 0 Å². The highest BCUT2D eigenvalue weighted by molar-refractivity contribution is 5.79. The van der Waals surface area contributed by atoms with Crippen LogP contribution in [0.5, 0.6) is 5.75 Å². The first-order valence-electron chi connectivity index (χ1n) is 8.01. The van der Waals surface area contributed by atoms with E-state index < -0.39 is 0 Å². The summed E-state index contributed by atoms with van der Waals surface area (Å²) >= 11 is 0. The number of hydrogen-bond donors (Lipinski definition) is 0. The number of para-hydroxylation sites is 1. The third-order valence-electron chi connectivity index (χ3n) is 4.28. The molecule has 2 aromatic heterocycles. The molecule has 0 aliphatic carbocycles. The molecule has 1 amide bonds.